The molecule has 2 aromatic rings. The Morgan fingerprint density at radius 3 is 1.97 bits per heavy atom. The summed E-state index contributed by atoms with van der Waals surface area (Å²) in [5, 5.41) is 2.82. The zero-order valence-corrected chi connectivity index (χ0v) is 20.3. The van der Waals surface area contributed by atoms with Crippen molar-refractivity contribution in [1.82, 2.24) is 4.90 Å². The van der Waals surface area contributed by atoms with Crippen molar-refractivity contribution in [3.05, 3.63) is 41.0 Å². The SMILES string of the molecule is COc1cc(NC(=O)CCN(C)Cc2cc(C)c(OCC(F)(F)F)c(C)c2)cc(OC)c1OC. The molecule has 0 aliphatic carbocycles. The van der Waals surface area contributed by atoms with Crippen molar-refractivity contribution in [2.75, 3.05) is 46.8 Å². The predicted octanol–water partition coefficient (Wildman–Crippen LogP) is 4.73. The molecule has 0 heterocycles. The molecule has 1 N–H and O–H groups in total. The van der Waals surface area contributed by atoms with Gasteiger partial charge in [-0.1, -0.05) is 12.1 Å². The molecule has 0 aliphatic heterocycles. The van der Waals surface area contributed by atoms with Gasteiger partial charge in [-0.15, -0.1) is 0 Å². The highest BCUT2D eigenvalue weighted by Gasteiger charge is 2.29. The van der Waals surface area contributed by atoms with Crippen LogP contribution in [0.25, 0.3) is 0 Å². The smallest absolute Gasteiger partial charge is 0.422 e. The van der Waals surface area contributed by atoms with Gasteiger partial charge in [0, 0.05) is 37.3 Å². The summed E-state index contributed by atoms with van der Waals surface area (Å²) in [6.07, 6.45) is -4.15. The Labute approximate surface area is 197 Å². The number of carbonyl (C=O) groups is 1. The number of ether oxygens (including phenoxy) is 4. The second-order valence-electron chi connectivity index (χ2n) is 7.91. The molecule has 188 valence electrons. The largest absolute Gasteiger partial charge is 0.493 e. The molecule has 0 fully saturated rings. The minimum atomic E-state index is -4.39. The van der Waals surface area contributed by atoms with Gasteiger partial charge >= 0.3 is 6.18 Å². The summed E-state index contributed by atoms with van der Waals surface area (Å²) < 4.78 is 58.2. The second-order valence-corrected chi connectivity index (χ2v) is 7.91. The predicted molar refractivity (Wildman–Crippen MR) is 123 cm³/mol. The molecule has 0 spiro atoms. The van der Waals surface area contributed by atoms with Crippen LogP contribution >= 0.6 is 0 Å². The Kier molecular flexibility index (Phi) is 9.43. The van der Waals surface area contributed by atoms with Crippen LogP contribution in [-0.2, 0) is 11.3 Å². The van der Waals surface area contributed by atoms with E-state index in [-0.39, 0.29) is 18.1 Å². The molecule has 10 heteroatoms. The molecule has 1 amide bonds. The Hall–Kier alpha value is -3.14. The van der Waals surface area contributed by atoms with Crippen LogP contribution in [-0.4, -0.2) is 58.5 Å². The van der Waals surface area contributed by atoms with E-state index in [4.69, 9.17) is 18.9 Å². The number of nitrogens with one attached hydrogen (secondary N) is 1. The molecular formula is C24H31F3N2O5. The molecule has 0 unspecified atom stereocenters. The van der Waals surface area contributed by atoms with Crippen LogP contribution in [0.3, 0.4) is 0 Å². The first-order chi connectivity index (χ1) is 16.0. The fraction of sp³-hybridized carbons (Fsp3) is 0.458. The number of hydrogen-bond acceptors (Lipinski definition) is 6. The zero-order chi connectivity index (χ0) is 25.5. The third kappa shape index (κ3) is 7.72. The summed E-state index contributed by atoms with van der Waals surface area (Å²) in [5.41, 5.74) is 2.70. The molecule has 0 radical (unpaired) electrons. The summed E-state index contributed by atoms with van der Waals surface area (Å²) >= 11 is 0. The molecule has 2 rings (SSSR count). The number of carbonyl (C=O) groups excluding carboxylic acids is 1. The van der Waals surface area contributed by atoms with Gasteiger partial charge in [-0.2, -0.15) is 13.2 Å². The van der Waals surface area contributed by atoms with Gasteiger partial charge in [0.1, 0.15) is 5.75 Å². The molecule has 2 aromatic carbocycles. The van der Waals surface area contributed by atoms with Crippen LogP contribution in [0.5, 0.6) is 23.0 Å². The van der Waals surface area contributed by atoms with Crippen molar-refractivity contribution in [2.24, 2.45) is 0 Å². The average molecular weight is 485 g/mol. The van der Waals surface area contributed by atoms with Crippen molar-refractivity contribution >= 4 is 11.6 Å². The third-order valence-corrected chi connectivity index (χ3v) is 5.02. The molecule has 0 saturated carbocycles. The van der Waals surface area contributed by atoms with Crippen molar-refractivity contribution in [3.63, 3.8) is 0 Å². The van der Waals surface area contributed by atoms with Gasteiger partial charge in [-0.3, -0.25) is 4.79 Å². The van der Waals surface area contributed by atoms with E-state index >= 15 is 0 Å². The molecule has 34 heavy (non-hydrogen) atoms. The van der Waals surface area contributed by atoms with Crippen LogP contribution < -0.4 is 24.3 Å². The molecule has 0 bridgehead atoms. The Bertz CT molecular complexity index is 947. The molecular weight excluding hydrogens is 453 g/mol. The average Bonchev–Trinajstić information content (AvgIpc) is 2.75. The van der Waals surface area contributed by atoms with Gasteiger partial charge in [-0.25, -0.2) is 0 Å². The van der Waals surface area contributed by atoms with Gasteiger partial charge in [0.2, 0.25) is 11.7 Å². The first-order valence-corrected chi connectivity index (χ1v) is 10.6. The van der Waals surface area contributed by atoms with Gasteiger partial charge in [-0.05, 0) is 37.6 Å². The fourth-order valence-electron chi connectivity index (χ4n) is 3.57. The normalized spacial score (nSPS) is 11.4. The van der Waals surface area contributed by atoms with E-state index in [0.29, 0.717) is 47.2 Å². The van der Waals surface area contributed by atoms with E-state index < -0.39 is 12.8 Å². The highest BCUT2D eigenvalue weighted by molar-refractivity contribution is 5.91. The number of aryl methyl sites for hydroxylation is 2. The molecule has 7 nitrogen and oxygen atoms in total. The lowest BCUT2D eigenvalue weighted by Crippen LogP contribution is -2.24. The summed E-state index contributed by atoms with van der Waals surface area (Å²) in [6.45, 7) is 3.11. The van der Waals surface area contributed by atoms with E-state index in [1.807, 2.05) is 11.9 Å². The topological polar surface area (TPSA) is 69.3 Å². The molecule has 0 saturated heterocycles. The number of rotatable bonds is 11. The van der Waals surface area contributed by atoms with Crippen LogP contribution in [0, 0.1) is 13.8 Å². The summed E-state index contributed by atoms with van der Waals surface area (Å²) in [6, 6.07) is 6.89. The van der Waals surface area contributed by atoms with Crippen molar-refractivity contribution < 1.29 is 36.9 Å². The maximum absolute atomic E-state index is 12.5. The van der Waals surface area contributed by atoms with Crippen molar-refractivity contribution in [3.8, 4) is 23.0 Å². The highest BCUT2D eigenvalue weighted by Crippen LogP contribution is 2.40. The number of benzene rings is 2. The lowest BCUT2D eigenvalue weighted by molar-refractivity contribution is -0.153. The number of methoxy groups -OCH3 is 3. The van der Waals surface area contributed by atoms with Crippen molar-refractivity contribution in [1.29, 1.82) is 0 Å². The Morgan fingerprint density at radius 2 is 1.50 bits per heavy atom. The standard InChI is InChI=1S/C24H31F3N2O5/c1-15-9-17(10-16(2)22(15)34-14-24(25,26)27)13-29(3)8-7-21(30)28-18-11-19(31-4)23(33-6)20(12-18)32-5/h9-12H,7-8,13-14H2,1-6H3,(H,28,30). The van der Waals surface area contributed by atoms with E-state index in [9.17, 15) is 18.0 Å². The maximum atomic E-state index is 12.5. The second kappa shape index (κ2) is 11.8. The Balaban J connectivity index is 1.95. The quantitative estimate of drug-likeness (QED) is 0.497. The molecule has 0 aliphatic rings. The van der Waals surface area contributed by atoms with E-state index in [2.05, 4.69) is 5.32 Å². The minimum absolute atomic E-state index is 0.190. The van der Waals surface area contributed by atoms with Crippen LogP contribution in [0.15, 0.2) is 24.3 Å². The fourth-order valence-corrected chi connectivity index (χ4v) is 3.57. The van der Waals surface area contributed by atoms with E-state index in [1.165, 1.54) is 21.3 Å². The van der Waals surface area contributed by atoms with Crippen LogP contribution in [0.2, 0.25) is 0 Å². The van der Waals surface area contributed by atoms with Gasteiger partial charge in [0.15, 0.2) is 18.1 Å². The minimum Gasteiger partial charge on any atom is -0.493 e. The van der Waals surface area contributed by atoms with Gasteiger partial charge < -0.3 is 29.2 Å². The van der Waals surface area contributed by atoms with Crippen LogP contribution in [0.4, 0.5) is 18.9 Å². The van der Waals surface area contributed by atoms with E-state index in [1.54, 1.807) is 38.1 Å². The number of nitrogens with zero attached hydrogens (tertiary/aromatic N) is 1. The first kappa shape index (κ1) is 27.1. The molecule has 0 atom stereocenters. The summed E-state index contributed by atoms with van der Waals surface area (Å²) in [7, 11) is 6.36. The zero-order valence-electron chi connectivity index (χ0n) is 20.3. The number of amides is 1. The number of hydrogen-bond donors (Lipinski definition) is 1. The van der Waals surface area contributed by atoms with Crippen molar-refractivity contribution in [2.45, 2.75) is 33.0 Å². The number of halogens is 3. The molecule has 0 aromatic heterocycles. The van der Waals surface area contributed by atoms with Gasteiger partial charge in [0.05, 0.1) is 21.3 Å². The monoisotopic (exact) mass is 484 g/mol. The Morgan fingerprint density at radius 1 is 0.941 bits per heavy atom. The lowest BCUT2D eigenvalue weighted by atomic mass is 10.1. The third-order valence-electron chi connectivity index (χ3n) is 5.02. The summed E-state index contributed by atoms with van der Waals surface area (Å²) in [5.74, 6) is 1.35. The van der Waals surface area contributed by atoms with Gasteiger partial charge in [0.25, 0.3) is 0 Å². The van der Waals surface area contributed by atoms with E-state index in [0.717, 1.165) is 5.56 Å². The number of alkyl halides is 3. The lowest BCUT2D eigenvalue weighted by Gasteiger charge is -2.19. The first-order valence-electron chi connectivity index (χ1n) is 10.6. The van der Waals surface area contributed by atoms with Crippen LogP contribution in [0.1, 0.15) is 23.1 Å². The highest BCUT2D eigenvalue weighted by atomic mass is 19.4. The summed E-state index contributed by atoms with van der Waals surface area (Å²) in [4.78, 5) is 14.4. The number of anilines is 1. The maximum Gasteiger partial charge on any atom is 0.422 e.